The lowest BCUT2D eigenvalue weighted by molar-refractivity contribution is 1.42. The van der Waals surface area contributed by atoms with Crippen LogP contribution in [0.25, 0.3) is 31.8 Å². The van der Waals surface area contributed by atoms with Gasteiger partial charge in [-0.3, -0.25) is 4.98 Å². The van der Waals surface area contributed by atoms with E-state index in [0.717, 1.165) is 20.7 Å². The molecule has 0 fully saturated rings. The first-order valence-electron chi connectivity index (χ1n) is 6.17. The minimum absolute atomic E-state index is 1.01. The van der Waals surface area contributed by atoms with Crippen molar-refractivity contribution in [3.05, 3.63) is 59.7 Å². The van der Waals surface area contributed by atoms with Crippen molar-refractivity contribution in [2.24, 2.45) is 0 Å². The van der Waals surface area contributed by atoms with Gasteiger partial charge < -0.3 is 0 Å². The van der Waals surface area contributed by atoms with E-state index >= 15 is 0 Å². The number of hydrogen-bond acceptors (Lipinski definition) is 4. The number of aromatic nitrogens is 2. The fourth-order valence-electron chi connectivity index (χ4n) is 2.33. The minimum atomic E-state index is 1.01. The second-order valence-corrected chi connectivity index (χ2v) is 6.08. The van der Waals surface area contributed by atoms with E-state index in [1.54, 1.807) is 22.7 Å². The molecule has 4 heteroatoms. The zero-order chi connectivity index (χ0) is 13.4. The first-order valence-corrected chi connectivity index (χ1v) is 7.87. The summed E-state index contributed by atoms with van der Waals surface area (Å²) in [5.41, 5.74) is 9.43. The normalized spacial score (nSPS) is 11.0. The van der Waals surface area contributed by atoms with Gasteiger partial charge in [-0.1, -0.05) is 36.4 Å². The van der Waals surface area contributed by atoms with Gasteiger partial charge in [0.15, 0.2) is 5.51 Å². The SMILES string of the molecule is [c]1nc2c(-c3cncs3)c(-c3ccccc3)ccc2s1. The minimum Gasteiger partial charge on any atom is -0.252 e. The van der Waals surface area contributed by atoms with Gasteiger partial charge in [0.1, 0.15) is 0 Å². The molecule has 0 N–H and O–H groups in total. The molecule has 0 amide bonds. The van der Waals surface area contributed by atoms with Gasteiger partial charge in [0.25, 0.3) is 0 Å². The third-order valence-corrected chi connectivity index (χ3v) is 4.74. The molecule has 2 nitrogen and oxygen atoms in total. The summed E-state index contributed by atoms with van der Waals surface area (Å²) in [6.45, 7) is 0. The Morgan fingerprint density at radius 1 is 1.00 bits per heavy atom. The van der Waals surface area contributed by atoms with Crippen molar-refractivity contribution in [1.82, 2.24) is 9.97 Å². The topological polar surface area (TPSA) is 25.8 Å². The molecule has 20 heavy (non-hydrogen) atoms. The van der Waals surface area contributed by atoms with Crippen LogP contribution in [0.4, 0.5) is 0 Å². The lowest BCUT2D eigenvalue weighted by Gasteiger charge is -2.09. The van der Waals surface area contributed by atoms with Crippen molar-refractivity contribution in [1.29, 1.82) is 0 Å². The number of fused-ring (bicyclic) bond motifs is 1. The number of hydrogen-bond donors (Lipinski definition) is 0. The van der Waals surface area contributed by atoms with E-state index in [9.17, 15) is 0 Å². The molecule has 2 aromatic carbocycles. The maximum Gasteiger partial charge on any atom is 0.153 e. The van der Waals surface area contributed by atoms with Crippen LogP contribution in [0, 0.1) is 5.51 Å². The van der Waals surface area contributed by atoms with Crippen LogP contribution < -0.4 is 0 Å². The Morgan fingerprint density at radius 2 is 1.90 bits per heavy atom. The van der Waals surface area contributed by atoms with Crippen molar-refractivity contribution in [3.8, 4) is 21.6 Å². The highest BCUT2D eigenvalue weighted by Crippen LogP contribution is 2.39. The molecule has 4 rings (SSSR count). The Balaban J connectivity index is 2.08. The van der Waals surface area contributed by atoms with Crippen LogP contribution in [-0.2, 0) is 0 Å². The van der Waals surface area contributed by atoms with Gasteiger partial charge in [-0.2, -0.15) is 0 Å². The van der Waals surface area contributed by atoms with Gasteiger partial charge >= 0.3 is 0 Å². The average Bonchev–Trinajstić information content (AvgIpc) is 3.18. The van der Waals surface area contributed by atoms with Gasteiger partial charge in [-0.05, 0) is 17.2 Å². The number of thiazole rings is 2. The summed E-state index contributed by atoms with van der Waals surface area (Å²) in [6, 6.07) is 14.7. The molecular weight excluding hydrogens is 284 g/mol. The summed E-state index contributed by atoms with van der Waals surface area (Å²) in [5.74, 6) is 0. The van der Waals surface area contributed by atoms with E-state index in [0.29, 0.717) is 0 Å². The molecule has 95 valence electrons. The summed E-state index contributed by atoms with van der Waals surface area (Å²) in [5, 5.41) is 0. The highest BCUT2D eigenvalue weighted by molar-refractivity contribution is 7.16. The van der Waals surface area contributed by atoms with Crippen LogP contribution >= 0.6 is 22.7 Å². The molecule has 0 aliphatic heterocycles. The number of benzene rings is 2. The quantitative estimate of drug-likeness (QED) is 0.526. The van der Waals surface area contributed by atoms with Crippen molar-refractivity contribution in [2.45, 2.75) is 0 Å². The summed E-state index contributed by atoms with van der Waals surface area (Å²) >= 11 is 3.19. The Morgan fingerprint density at radius 3 is 2.70 bits per heavy atom. The second-order valence-electron chi connectivity index (χ2n) is 4.37. The highest BCUT2D eigenvalue weighted by Gasteiger charge is 2.14. The van der Waals surface area contributed by atoms with Gasteiger partial charge in [0, 0.05) is 11.8 Å². The standard InChI is InChI=1S/C16H9N2S2/c1-2-4-11(5-3-1)12-6-7-13-16(18-10-20-13)15(12)14-8-17-9-19-14/h1-9H. The van der Waals surface area contributed by atoms with Crippen LogP contribution in [0.5, 0.6) is 0 Å². The summed E-state index contributed by atoms with van der Waals surface area (Å²) < 4.78 is 1.16. The molecule has 4 aromatic rings. The Bertz CT molecular complexity index is 849. The van der Waals surface area contributed by atoms with Crippen LogP contribution in [-0.4, -0.2) is 9.97 Å². The monoisotopic (exact) mass is 293 g/mol. The van der Waals surface area contributed by atoms with Crippen molar-refractivity contribution in [2.75, 3.05) is 0 Å². The number of rotatable bonds is 2. The highest BCUT2D eigenvalue weighted by atomic mass is 32.1. The summed E-state index contributed by atoms with van der Waals surface area (Å²) in [4.78, 5) is 9.79. The average molecular weight is 293 g/mol. The van der Waals surface area contributed by atoms with Gasteiger partial charge in [0.05, 0.1) is 20.6 Å². The molecule has 1 radical (unpaired) electrons. The molecule has 2 aromatic heterocycles. The maximum absolute atomic E-state index is 4.43. The summed E-state index contributed by atoms with van der Waals surface area (Å²) in [6.07, 6.45) is 1.91. The number of nitrogens with zero attached hydrogens (tertiary/aromatic N) is 2. The second kappa shape index (κ2) is 4.81. The molecule has 0 aliphatic rings. The third kappa shape index (κ3) is 1.85. The van der Waals surface area contributed by atoms with Crippen molar-refractivity contribution >= 4 is 32.9 Å². The zero-order valence-electron chi connectivity index (χ0n) is 10.4. The summed E-state index contributed by atoms with van der Waals surface area (Å²) in [7, 11) is 0. The first-order chi connectivity index (χ1) is 9.93. The van der Waals surface area contributed by atoms with Gasteiger partial charge in [0.2, 0.25) is 0 Å². The molecule has 0 unspecified atom stereocenters. The molecular formula is C16H9N2S2. The predicted molar refractivity (Wildman–Crippen MR) is 85.0 cm³/mol. The van der Waals surface area contributed by atoms with Gasteiger partial charge in [-0.25, -0.2) is 4.98 Å². The molecule has 0 atom stereocenters. The van der Waals surface area contributed by atoms with E-state index in [4.69, 9.17) is 0 Å². The molecule has 0 saturated carbocycles. The van der Waals surface area contributed by atoms with Crippen LogP contribution in [0.1, 0.15) is 0 Å². The van der Waals surface area contributed by atoms with E-state index in [-0.39, 0.29) is 0 Å². The molecule has 0 spiro atoms. The smallest absolute Gasteiger partial charge is 0.153 e. The van der Waals surface area contributed by atoms with E-state index in [2.05, 4.69) is 51.9 Å². The fourth-order valence-corrected chi connectivity index (χ4v) is 3.63. The van der Waals surface area contributed by atoms with E-state index in [1.807, 2.05) is 17.8 Å². The van der Waals surface area contributed by atoms with E-state index in [1.165, 1.54) is 11.1 Å². The third-order valence-electron chi connectivity index (χ3n) is 3.22. The maximum atomic E-state index is 4.43. The largest absolute Gasteiger partial charge is 0.252 e. The Kier molecular flexibility index (Phi) is 2.83. The lowest BCUT2D eigenvalue weighted by Crippen LogP contribution is -1.85. The van der Waals surface area contributed by atoms with Crippen molar-refractivity contribution < 1.29 is 0 Å². The molecule has 0 aliphatic carbocycles. The Labute approximate surface area is 124 Å². The van der Waals surface area contributed by atoms with Crippen molar-refractivity contribution in [3.63, 3.8) is 0 Å². The van der Waals surface area contributed by atoms with E-state index < -0.39 is 0 Å². The van der Waals surface area contributed by atoms with Crippen LogP contribution in [0.15, 0.2) is 54.2 Å². The zero-order valence-corrected chi connectivity index (χ0v) is 12.0. The first kappa shape index (κ1) is 11.8. The van der Waals surface area contributed by atoms with Crippen LogP contribution in [0.3, 0.4) is 0 Å². The fraction of sp³-hybridized carbons (Fsp3) is 0. The lowest BCUT2D eigenvalue weighted by atomic mass is 9.98. The van der Waals surface area contributed by atoms with Crippen LogP contribution in [0.2, 0.25) is 0 Å². The molecule has 0 bridgehead atoms. The Hall–Kier alpha value is -2.04. The molecule has 2 heterocycles. The van der Waals surface area contributed by atoms with Gasteiger partial charge in [-0.15, -0.1) is 22.7 Å². The predicted octanol–water partition coefficient (Wildman–Crippen LogP) is 4.89. The molecule has 0 saturated heterocycles.